The van der Waals surface area contributed by atoms with Crippen molar-refractivity contribution in [2.24, 2.45) is 11.8 Å². The number of benzene rings is 2. The molecule has 0 aliphatic carbocycles. The van der Waals surface area contributed by atoms with Crippen molar-refractivity contribution in [1.29, 1.82) is 0 Å². The molecule has 0 bridgehead atoms. The van der Waals surface area contributed by atoms with Crippen LogP contribution in [0.15, 0.2) is 60.8 Å². The second-order valence-electron chi connectivity index (χ2n) is 7.39. The highest BCUT2D eigenvalue weighted by Gasteiger charge is 2.30. The maximum absolute atomic E-state index is 11.8. The Morgan fingerprint density at radius 1 is 1.18 bits per heavy atom. The molecule has 2 heterocycles. The molecule has 4 rings (SSSR count). The van der Waals surface area contributed by atoms with Crippen molar-refractivity contribution in [3.05, 3.63) is 77.6 Å². The number of nitrogens with one attached hydrogen (secondary N) is 1. The van der Waals surface area contributed by atoms with E-state index >= 15 is 0 Å². The van der Waals surface area contributed by atoms with Gasteiger partial charge in [0.2, 0.25) is 0 Å². The smallest absolute Gasteiger partial charge is 0.307 e. The molecule has 28 heavy (non-hydrogen) atoms. The Balaban J connectivity index is 1.50. The van der Waals surface area contributed by atoms with Crippen LogP contribution in [0.1, 0.15) is 23.2 Å². The Kier molecular flexibility index (Phi) is 5.48. The third kappa shape index (κ3) is 4.28. The fourth-order valence-electron chi connectivity index (χ4n) is 3.87. The number of carbonyl (C=O) groups is 1. The van der Waals surface area contributed by atoms with Crippen LogP contribution in [0.2, 0.25) is 0 Å². The summed E-state index contributed by atoms with van der Waals surface area (Å²) in [4.78, 5) is 11.8. The Morgan fingerprint density at radius 3 is 2.75 bits per heavy atom. The number of hydrogen-bond donors (Lipinski definition) is 2. The third-order valence-corrected chi connectivity index (χ3v) is 5.38. The Hall–Kier alpha value is -2.99. The van der Waals surface area contributed by atoms with Gasteiger partial charge in [-0.1, -0.05) is 47.7 Å². The Labute approximate surface area is 164 Å². The summed E-state index contributed by atoms with van der Waals surface area (Å²) in [7, 11) is 0. The molecule has 0 spiro atoms. The van der Waals surface area contributed by atoms with E-state index in [4.69, 9.17) is 0 Å². The number of rotatable bonds is 7. The molecule has 2 aromatic carbocycles. The SMILES string of the molecule is O=C(O)C(Cc1cccc(-n2cc(Cc3ccccc3)nn2)c1)[C@H]1CCNC1. The maximum Gasteiger partial charge on any atom is 0.307 e. The van der Waals surface area contributed by atoms with Gasteiger partial charge in [0, 0.05) is 6.42 Å². The van der Waals surface area contributed by atoms with Crippen LogP contribution >= 0.6 is 0 Å². The van der Waals surface area contributed by atoms with Gasteiger partial charge in [-0.2, -0.15) is 0 Å². The monoisotopic (exact) mass is 376 g/mol. The summed E-state index contributed by atoms with van der Waals surface area (Å²) in [5.74, 6) is -0.898. The number of carboxylic acid groups (broad SMARTS) is 1. The zero-order chi connectivity index (χ0) is 19.3. The lowest BCUT2D eigenvalue weighted by Gasteiger charge is -2.19. The van der Waals surface area contributed by atoms with E-state index in [-0.39, 0.29) is 11.8 Å². The van der Waals surface area contributed by atoms with Crippen LogP contribution in [0, 0.1) is 11.8 Å². The highest BCUT2D eigenvalue weighted by Crippen LogP contribution is 2.24. The number of aliphatic carboxylic acids is 1. The van der Waals surface area contributed by atoms with Crippen LogP contribution in [0.3, 0.4) is 0 Å². The molecule has 2 N–H and O–H groups in total. The summed E-state index contributed by atoms with van der Waals surface area (Å²) in [5.41, 5.74) is 4.00. The van der Waals surface area contributed by atoms with Gasteiger partial charge in [0.25, 0.3) is 0 Å². The van der Waals surface area contributed by atoms with Gasteiger partial charge < -0.3 is 10.4 Å². The first-order chi connectivity index (χ1) is 13.7. The van der Waals surface area contributed by atoms with E-state index in [2.05, 4.69) is 27.8 Å². The number of carboxylic acids is 1. The lowest BCUT2D eigenvalue weighted by Crippen LogP contribution is -2.27. The lowest BCUT2D eigenvalue weighted by atomic mass is 9.86. The normalized spacial score (nSPS) is 17.5. The predicted molar refractivity (Wildman–Crippen MR) is 106 cm³/mol. The van der Waals surface area contributed by atoms with Gasteiger partial charge in [0.05, 0.1) is 23.5 Å². The van der Waals surface area contributed by atoms with Gasteiger partial charge in [0.1, 0.15) is 0 Å². The average molecular weight is 376 g/mol. The summed E-state index contributed by atoms with van der Waals surface area (Å²) in [6.07, 6.45) is 4.11. The molecule has 0 radical (unpaired) electrons. The van der Waals surface area contributed by atoms with Crippen molar-refractivity contribution in [3.63, 3.8) is 0 Å². The molecule has 1 aliphatic heterocycles. The molecule has 1 fully saturated rings. The zero-order valence-electron chi connectivity index (χ0n) is 15.7. The van der Waals surface area contributed by atoms with Crippen LogP contribution in [-0.4, -0.2) is 39.2 Å². The molecule has 1 aliphatic rings. The first-order valence-electron chi connectivity index (χ1n) is 9.67. The molecule has 3 aromatic rings. The van der Waals surface area contributed by atoms with E-state index < -0.39 is 5.97 Å². The van der Waals surface area contributed by atoms with Crippen LogP contribution in [0.25, 0.3) is 5.69 Å². The zero-order valence-corrected chi connectivity index (χ0v) is 15.7. The van der Waals surface area contributed by atoms with Gasteiger partial charge in [-0.05, 0) is 55.1 Å². The van der Waals surface area contributed by atoms with Crippen molar-refractivity contribution in [1.82, 2.24) is 20.3 Å². The van der Waals surface area contributed by atoms with Crippen molar-refractivity contribution in [2.45, 2.75) is 19.3 Å². The highest BCUT2D eigenvalue weighted by molar-refractivity contribution is 5.71. The first kappa shape index (κ1) is 18.4. The van der Waals surface area contributed by atoms with Crippen molar-refractivity contribution >= 4 is 5.97 Å². The third-order valence-electron chi connectivity index (χ3n) is 5.38. The molecule has 0 amide bonds. The molecule has 6 heteroatoms. The standard InChI is InChI=1S/C22H24N4O2/c27-22(28)21(18-9-10-23-14-18)13-17-7-4-8-20(12-17)26-15-19(24-25-26)11-16-5-2-1-3-6-16/h1-8,12,15,18,21,23H,9-11,13-14H2,(H,27,28)/t18-,21?/m0/s1. The van der Waals surface area contributed by atoms with Gasteiger partial charge in [-0.25, -0.2) is 4.68 Å². The second-order valence-corrected chi connectivity index (χ2v) is 7.39. The summed E-state index contributed by atoms with van der Waals surface area (Å²) in [5, 5.41) is 21.5. The van der Waals surface area contributed by atoms with E-state index in [9.17, 15) is 9.90 Å². The van der Waals surface area contributed by atoms with Crippen LogP contribution in [0.5, 0.6) is 0 Å². The van der Waals surface area contributed by atoms with Crippen molar-refractivity contribution < 1.29 is 9.90 Å². The molecule has 1 saturated heterocycles. The summed E-state index contributed by atoms with van der Waals surface area (Å²) < 4.78 is 1.76. The summed E-state index contributed by atoms with van der Waals surface area (Å²) in [6, 6.07) is 18.1. The molecular weight excluding hydrogens is 352 g/mol. The lowest BCUT2D eigenvalue weighted by molar-refractivity contribution is -0.143. The highest BCUT2D eigenvalue weighted by atomic mass is 16.4. The van der Waals surface area contributed by atoms with Gasteiger partial charge in [0.15, 0.2) is 0 Å². The van der Waals surface area contributed by atoms with Crippen LogP contribution < -0.4 is 5.32 Å². The first-order valence-corrected chi connectivity index (χ1v) is 9.67. The minimum absolute atomic E-state index is 0.185. The Morgan fingerprint density at radius 2 is 2.00 bits per heavy atom. The molecule has 1 unspecified atom stereocenters. The molecule has 0 saturated carbocycles. The number of nitrogens with zero attached hydrogens (tertiary/aromatic N) is 3. The fraction of sp³-hybridized carbons (Fsp3) is 0.318. The van der Waals surface area contributed by atoms with Crippen LogP contribution in [0.4, 0.5) is 0 Å². The molecule has 144 valence electrons. The largest absolute Gasteiger partial charge is 0.481 e. The maximum atomic E-state index is 11.8. The van der Waals surface area contributed by atoms with E-state index in [1.165, 1.54) is 5.56 Å². The molecule has 6 nitrogen and oxygen atoms in total. The van der Waals surface area contributed by atoms with Crippen LogP contribution in [-0.2, 0) is 17.6 Å². The van der Waals surface area contributed by atoms with Crippen molar-refractivity contribution in [3.8, 4) is 5.69 Å². The van der Waals surface area contributed by atoms with Crippen molar-refractivity contribution in [2.75, 3.05) is 13.1 Å². The quantitative estimate of drug-likeness (QED) is 0.663. The Bertz CT molecular complexity index is 932. The summed E-state index contributed by atoms with van der Waals surface area (Å²) in [6.45, 7) is 1.68. The number of hydrogen-bond acceptors (Lipinski definition) is 4. The molecular formula is C22H24N4O2. The van der Waals surface area contributed by atoms with E-state index in [1.807, 2.05) is 48.7 Å². The second kappa shape index (κ2) is 8.35. The minimum Gasteiger partial charge on any atom is -0.481 e. The van der Waals surface area contributed by atoms with Gasteiger partial charge in [-0.3, -0.25) is 4.79 Å². The number of aromatic nitrogens is 3. The predicted octanol–water partition coefficient (Wildman–Crippen LogP) is 2.71. The fourth-order valence-corrected chi connectivity index (χ4v) is 3.87. The summed E-state index contributed by atoms with van der Waals surface area (Å²) >= 11 is 0. The average Bonchev–Trinajstić information content (AvgIpc) is 3.39. The molecule has 2 atom stereocenters. The topological polar surface area (TPSA) is 80.0 Å². The van der Waals surface area contributed by atoms with E-state index in [1.54, 1.807) is 4.68 Å². The minimum atomic E-state index is -0.718. The molecule has 1 aromatic heterocycles. The van der Waals surface area contributed by atoms with Gasteiger partial charge in [-0.15, -0.1) is 5.10 Å². The van der Waals surface area contributed by atoms with Gasteiger partial charge >= 0.3 is 5.97 Å². The van der Waals surface area contributed by atoms with E-state index in [0.29, 0.717) is 6.42 Å². The van der Waals surface area contributed by atoms with E-state index in [0.717, 1.165) is 42.9 Å².